The van der Waals surface area contributed by atoms with Crippen LogP contribution in [0.1, 0.15) is 29.9 Å². The average molecular weight is 568 g/mol. The molecule has 206 valence electrons. The summed E-state index contributed by atoms with van der Waals surface area (Å²) < 4.78 is 60.7. The van der Waals surface area contributed by atoms with Crippen molar-refractivity contribution in [3.8, 4) is 16.9 Å². The monoisotopic (exact) mass is 567 g/mol. The van der Waals surface area contributed by atoms with E-state index in [4.69, 9.17) is 9.72 Å². The number of rotatable bonds is 5. The number of carbonyl (C=O) groups excluding carboxylic acids is 1. The lowest BCUT2D eigenvalue weighted by atomic mass is 9.95. The van der Waals surface area contributed by atoms with Crippen LogP contribution in [-0.4, -0.2) is 66.3 Å². The second kappa shape index (κ2) is 8.84. The lowest BCUT2D eigenvalue weighted by Gasteiger charge is -2.35. The van der Waals surface area contributed by atoms with Gasteiger partial charge < -0.3 is 19.5 Å². The highest BCUT2D eigenvalue weighted by Crippen LogP contribution is 2.55. The maximum absolute atomic E-state index is 13.4. The smallest absolute Gasteiger partial charge is 0.387 e. The highest BCUT2D eigenvalue weighted by atomic mass is 32.2. The highest BCUT2D eigenvalue weighted by molar-refractivity contribution is 7.92. The van der Waals surface area contributed by atoms with Gasteiger partial charge in [-0.1, -0.05) is 12.1 Å². The first-order chi connectivity index (χ1) is 19.2. The molecule has 0 spiro atoms. The third kappa shape index (κ3) is 3.85. The van der Waals surface area contributed by atoms with Crippen molar-refractivity contribution in [1.82, 2.24) is 24.8 Å². The van der Waals surface area contributed by atoms with Crippen LogP contribution in [0.15, 0.2) is 48.8 Å². The molecule has 2 aromatic carbocycles. The van der Waals surface area contributed by atoms with E-state index >= 15 is 0 Å². The topological polar surface area (TPSA) is 123 Å². The van der Waals surface area contributed by atoms with E-state index in [2.05, 4.69) is 15.3 Å². The molecule has 40 heavy (non-hydrogen) atoms. The number of imidazole rings is 1. The zero-order chi connectivity index (χ0) is 27.8. The van der Waals surface area contributed by atoms with E-state index in [0.29, 0.717) is 48.1 Å². The first-order valence-corrected chi connectivity index (χ1v) is 14.5. The minimum atomic E-state index is -3.78. The van der Waals surface area contributed by atoms with Gasteiger partial charge >= 0.3 is 6.61 Å². The van der Waals surface area contributed by atoms with Crippen LogP contribution in [-0.2, 0) is 14.8 Å². The fourth-order valence-electron chi connectivity index (χ4n) is 6.00. The average Bonchev–Trinajstić information content (AvgIpc) is 3.43. The Morgan fingerprint density at radius 3 is 2.62 bits per heavy atom. The summed E-state index contributed by atoms with van der Waals surface area (Å²) in [7, 11) is -3.78. The third-order valence-electron chi connectivity index (χ3n) is 7.54. The molecule has 4 aromatic rings. The van der Waals surface area contributed by atoms with Crippen molar-refractivity contribution in [3.05, 3.63) is 60.2 Å². The zero-order valence-electron chi connectivity index (χ0n) is 21.2. The molecule has 1 saturated heterocycles. The van der Waals surface area contributed by atoms with E-state index in [1.165, 1.54) is 16.4 Å². The molecule has 1 amide bonds. The first-order valence-electron chi connectivity index (χ1n) is 12.6. The van der Waals surface area contributed by atoms with Crippen molar-refractivity contribution < 1.29 is 26.7 Å². The van der Waals surface area contributed by atoms with Crippen LogP contribution >= 0.6 is 0 Å². The quantitative estimate of drug-likeness (QED) is 0.391. The molecular weight excluding hydrogens is 544 g/mol. The van der Waals surface area contributed by atoms with Crippen LogP contribution in [0.2, 0.25) is 0 Å². The molecule has 7 rings (SSSR count). The number of alkyl halides is 2. The lowest BCUT2D eigenvalue weighted by molar-refractivity contribution is -0.120. The maximum atomic E-state index is 13.4. The van der Waals surface area contributed by atoms with E-state index in [1.807, 2.05) is 22.8 Å². The van der Waals surface area contributed by atoms with Crippen molar-refractivity contribution in [2.24, 2.45) is 0 Å². The van der Waals surface area contributed by atoms with Crippen LogP contribution in [0.3, 0.4) is 0 Å². The Morgan fingerprint density at radius 1 is 1.10 bits per heavy atom. The van der Waals surface area contributed by atoms with Crippen LogP contribution in [0, 0.1) is 0 Å². The molecule has 2 atom stereocenters. The molecule has 0 saturated carbocycles. The predicted molar refractivity (Wildman–Crippen MR) is 142 cm³/mol. The number of piperazine rings is 1. The number of halogens is 2. The maximum Gasteiger partial charge on any atom is 0.387 e. The minimum absolute atomic E-state index is 0.0640. The van der Waals surface area contributed by atoms with Gasteiger partial charge in [0.1, 0.15) is 17.6 Å². The van der Waals surface area contributed by atoms with Crippen LogP contribution in [0.4, 0.5) is 20.4 Å². The molecule has 5 heterocycles. The molecule has 0 unspecified atom stereocenters. The fraction of sp³-hybridized carbons (Fsp3) is 0.308. The number of aromatic nitrogens is 4. The van der Waals surface area contributed by atoms with E-state index in [-0.39, 0.29) is 18.2 Å². The fourth-order valence-corrected chi connectivity index (χ4v) is 7.16. The van der Waals surface area contributed by atoms with E-state index < -0.39 is 28.7 Å². The first kappa shape index (κ1) is 24.7. The molecule has 3 aliphatic rings. The largest absolute Gasteiger partial charge is 0.434 e. The lowest BCUT2D eigenvalue weighted by Crippen LogP contribution is -2.48. The molecule has 3 aliphatic heterocycles. The number of ether oxygens (including phenoxy) is 1. The molecule has 1 fully saturated rings. The van der Waals surface area contributed by atoms with Crippen molar-refractivity contribution >= 4 is 38.6 Å². The second-order valence-corrected chi connectivity index (χ2v) is 11.8. The van der Waals surface area contributed by atoms with Gasteiger partial charge in [0.15, 0.2) is 0 Å². The molecule has 0 radical (unpaired) electrons. The Labute approximate surface area is 227 Å². The SMILES string of the molecule is CS(=O)(=O)N1c2cccc(OC(F)F)c2[C@H]2C[C@@H]1c1nc3ccc(-c4cnc(N5CCNC(=O)C5)nc4)cc3n12. The summed E-state index contributed by atoms with van der Waals surface area (Å²) in [5, 5.41) is 2.77. The number of nitrogens with zero attached hydrogens (tertiary/aromatic N) is 6. The highest BCUT2D eigenvalue weighted by Gasteiger charge is 2.48. The second-order valence-electron chi connectivity index (χ2n) is 9.98. The Balaban J connectivity index is 1.33. The molecule has 2 bridgehead atoms. The summed E-state index contributed by atoms with van der Waals surface area (Å²) in [5.74, 6) is 0.854. The van der Waals surface area contributed by atoms with Crippen molar-refractivity contribution in [2.45, 2.75) is 25.1 Å². The Morgan fingerprint density at radius 2 is 1.90 bits per heavy atom. The van der Waals surface area contributed by atoms with Crippen LogP contribution < -0.4 is 19.3 Å². The number of hydrogen-bond acceptors (Lipinski definition) is 8. The van der Waals surface area contributed by atoms with Gasteiger partial charge in [0.05, 0.1) is 35.6 Å². The summed E-state index contributed by atoms with van der Waals surface area (Å²) in [6.45, 7) is -1.73. The van der Waals surface area contributed by atoms with Gasteiger partial charge in [0.2, 0.25) is 21.9 Å². The molecule has 2 aromatic heterocycles. The predicted octanol–water partition coefficient (Wildman–Crippen LogP) is 2.84. The number of nitrogens with one attached hydrogen (secondary N) is 1. The number of anilines is 2. The number of hydrogen-bond donors (Lipinski definition) is 1. The molecule has 11 nitrogen and oxygen atoms in total. The van der Waals surface area contributed by atoms with Crippen LogP contribution in [0.25, 0.3) is 22.2 Å². The summed E-state index contributed by atoms with van der Waals surface area (Å²) >= 11 is 0. The number of sulfonamides is 1. The van der Waals surface area contributed by atoms with Crippen molar-refractivity contribution in [3.63, 3.8) is 0 Å². The normalized spacial score (nSPS) is 20.1. The van der Waals surface area contributed by atoms with E-state index in [9.17, 15) is 22.0 Å². The van der Waals surface area contributed by atoms with Gasteiger partial charge in [-0.05, 0) is 29.8 Å². The Kier molecular flexibility index (Phi) is 5.46. The Hall–Kier alpha value is -4.33. The third-order valence-corrected chi connectivity index (χ3v) is 8.70. The summed E-state index contributed by atoms with van der Waals surface area (Å²) in [4.78, 5) is 27.2. The van der Waals surface area contributed by atoms with Crippen molar-refractivity contribution in [1.29, 1.82) is 0 Å². The van der Waals surface area contributed by atoms with Gasteiger partial charge in [0.25, 0.3) is 0 Å². The summed E-state index contributed by atoms with van der Waals surface area (Å²) in [6.07, 6.45) is 4.81. The number of benzene rings is 2. The van der Waals surface area contributed by atoms with Crippen LogP contribution in [0.5, 0.6) is 5.75 Å². The molecule has 0 aliphatic carbocycles. The van der Waals surface area contributed by atoms with E-state index in [1.54, 1.807) is 23.4 Å². The number of fused-ring (bicyclic) bond motifs is 9. The summed E-state index contributed by atoms with van der Waals surface area (Å²) in [5.41, 5.74) is 3.61. The number of carbonyl (C=O) groups is 1. The standard InChI is InChI=1S/C26H23F2N7O4S/c1-40(37,38)35-17-3-2-4-21(39-25(27)28)23(17)19-10-20(35)24-32-16-6-5-14(9-18(16)34(19)24)15-11-30-26(31-12-15)33-8-7-29-22(36)13-33/h2-6,9,11-12,19-20,25H,7-8,10,13H2,1H3,(H,29,36)/t19-,20-/m1/s1. The summed E-state index contributed by atoms with van der Waals surface area (Å²) in [6, 6.07) is 9.14. The molecule has 1 N–H and O–H groups in total. The molecule has 14 heteroatoms. The van der Waals surface area contributed by atoms with Gasteiger partial charge in [-0.15, -0.1) is 0 Å². The minimum Gasteiger partial charge on any atom is -0.434 e. The van der Waals surface area contributed by atoms with Gasteiger partial charge in [-0.2, -0.15) is 8.78 Å². The van der Waals surface area contributed by atoms with Gasteiger partial charge in [-0.25, -0.2) is 23.4 Å². The van der Waals surface area contributed by atoms with Gasteiger partial charge in [0, 0.05) is 43.0 Å². The zero-order valence-corrected chi connectivity index (χ0v) is 22.0. The van der Waals surface area contributed by atoms with Crippen molar-refractivity contribution in [2.75, 3.05) is 35.1 Å². The molecular formula is C26H23F2N7O4S. The van der Waals surface area contributed by atoms with E-state index in [0.717, 1.165) is 22.9 Å². The number of amides is 1. The van der Waals surface area contributed by atoms with Gasteiger partial charge in [-0.3, -0.25) is 9.10 Å². The Bertz CT molecular complexity index is 1780.